The molecule has 1 aromatic carbocycles. The first-order valence-electron chi connectivity index (χ1n) is 9.71. The topological polar surface area (TPSA) is 130 Å². The van der Waals surface area contributed by atoms with E-state index in [1.54, 1.807) is 18.2 Å². The number of amides is 5. The molecule has 9 nitrogen and oxygen atoms in total. The Kier molecular flexibility index (Phi) is 4.91. The van der Waals surface area contributed by atoms with Crippen molar-refractivity contribution in [1.29, 1.82) is 0 Å². The summed E-state index contributed by atoms with van der Waals surface area (Å²) in [7, 11) is 0. The summed E-state index contributed by atoms with van der Waals surface area (Å²) in [6.07, 6.45) is 1.65. The number of likely N-dealkylation sites (tertiary alicyclic amines) is 1. The highest BCUT2D eigenvalue weighted by atomic mass is 16.2. The highest BCUT2D eigenvalue weighted by Gasteiger charge is 2.44. The van der Waals surface area contributed by atoms with Gasteiger partial charge in [0.05, 0.1) is 11.1 Å². The number of nitrogens with zero attached hydrogens (tertiary/aromatic N) is 2. The third kappa shape index (κ3) is 3.53. The number of nitrogens with two attached hydrogens (primary N) is 1. The van der Waals surface area contributed by atoms with E-state index in [9.17, 15) is 24.0 Å². The average Bonchev–Trinajstić information content (AvgIpc) is 2.93. The molecule has 0 radical (unpaired) electrons. The Hall–Kier alpha value is -3.07. The summed E-state index contributed by atoms with van der Waals surface area (Å²) in [4.78, 5) is 63.5. The van der Waals surface area contributed by atoms with Crippen LogP contribution in [-0.4, -0.2) is 58.5 Å². The number of nitrogens with one attached hydrogen (secondary N) is 1. The molecule has 4 rings (SSSR count). The maximum Gasteiger partial charge on any atom is 0.262 e. The normalized spacial score (nSPS) is 23.3. The molecule has 3 aliphatic heterocycles. The van der Waals surface area contributed by atoms with Crippen LogP contribution in [0.3, 0.4) is 0 Å². The van der Waals surface area contributed by atoms with E-state index in [2.05, 4.69) is 10.2 Å². The zero-order valence-electron chi connectivity index (χ0n) is 15.8. The first-order chi connectivity index (χ1) is 13.8. The second-order valence-corrected chi connectivity index (χ2v) is 7.78. The molecule has 0 aromatic heterocycles. The van der Waals surface area contributed by atoms with Gasteiger partial charge in [0.15, 0.2) is 0 Å². The molecule has 0 aliphatic carbocycles. The molecule has 3 N–H and O–H groups in total. The van der Waals surface area contributed by atoms with Crippen molar-refractivity contribution in [1.82, 2.24) is 15.1 Å². The molecule has 152 valence electrons. The SMILES string of the molecule is NC(=O)C1CCN(Cc2ccc3c(c2)C(=O)N([C@@H]2CCC(=O)NC2=O)C3=O)CC1. The quantitative estimate of drug-likeness (QED) is 0.675. The number of fused-ring (bicyclic) bond motifs is 1. The van der Waals surface area contributed by atoms with Gasteiger partial charge in [-0.3, -0.25) is 39.1 Å². The summed E-state index contributed by atoms with van der Waals surface area (Å²) < 4.78 is 0. The smallest absolute Gasteiger partial charge is 0.262 e. The largest absolute Gasteiger partial charge is 0.369 e. The minimum atomic E-state index is -0.962. The molecule has 5 amide bonds. The van der Waals surface area contributed by atoms with E-state index < -0.39 is 29.7 Å². The summed E-state index contributed by atoms with van der Waals surface area (Å²) >= 11 is 0. The molecular formula is C20H22N4O5. The lowest BCUT2D eigenvalue weighted by Gasteiger charge is -2.30. The van der Waals surface area contributed by atoms with Crippen molar-refractivity contribution in [2.24, 2.45) is 11.7 Å². The van der Waals surface area contributed by atoms with Gasteiger partial charge in [0.2, 0.25) is 17.7 Å². The molecule has 2 saturated heterocycles. The van der Waals surface area contributed by atoms with Crippen LogP contribution in [-0.2, 0) is 20.9 Å². The van der Waals surface area contributed by atoms with Crippen LogP contribution < -0.4 is 11.1 Å². The van der Waals surface area contributed by atoms with Crippen LogP contribution in [0.1, 0.15) is 52.0 Å². The lowest BCUT2D eigenvalue weighted by molar-refractivity contribution is -0.136. The van der Waals surface area contributed by atoms with Gasteiger partial charge < -0.3 is 5.73 Å². The van der Waals surface area contributed by atoms with Gasteiger partial charge in [-0.2, -0.15) is 0 Å². The maximum atomic E-state index is 12.9. The Balaban J connectivity index is 1.48. The van der Waals surface area contributed by atoms with E-state index in [1.165, 1.54) is 0 Å². The van der Waals surface area contributed by atoms with Crippen molar-refractivity contribution in [3.05, 3.63) is 34.9 Å². The molecule has 3 heterocycles. The van der Waals surface area contributed by atoms with Crippen molar-refractivity contribution in [2.45, 2.75) is 38.3 Å². The van der Waals surface area contributed by atoms with Gasteiger partial charge in [-0.25, -0.2) is 0 Å². The van der Waals surface area contributed by atoms with E-state index in [0.717, 1.165) is 23.6 Å². The van der Waals surface area contributed by atoms with E-state index in [-0.39, 0.29) is 35.8 Å². The van der Waals surface area contributed by atoms with Gasteiger partial charge in [-0.05, 0) is 50.0 Å². The molecule has 9 heteroatoms. The summed E-state index contributed by atoms with van der Waals surface area (Å²) in [6.45, 7) is 2.07. The number of benzene rings is 1. The summed E-state index contributed by atoms with van der Waals surface area (Å²) in [5, 5.41) is 2.19. The van der Waals surface area contributed by atoms with Gasteiger partial charge in [0, 0.05) is 18.9 Å². The van der Waals surface area contributed by atoms with Crippen LogP contribution in [0.4, 0.5) is 0 Å². The lowest BCUT2D eigenvalue weighted by atomic mass is 9.96. The number of carbonyl (C=O) groups is 5. The third-order valence-corrected chi connectivity index (χ3v) is 5.90. The number of rotatable bonds is 4. The number of piperidine rings is 2. The molecule has 2 fully saturated rings. The molecule has 0 unspecified atom stereocenters. The first kappa shape index (κ1) is 19.3. The predicted molar refractivity (Wildman–Crippen MR) is 100 cm³/mol. The number of carbonyl (C=O) groups excluding carboxylic acids is 5. The van der Waals surface area contributed by atoms with Crippen LogP contribution in [0.15, 0.2) is 18.2 Å². The fraction of sp³-hybridized carbons (Fsp3) is 0.450. The minimum absolute atomic E-state index is 0.0902. The third-order valence-electron chi connectivity index (χ3n) is 5.90. The number of hydrogen-bond acceptors (Lipinski definition) is 6. The van der Waals surface area contributed by atoms with Crippen LogP contribution >= 0.6 is 0 Å². The second kappa shape index (κ2) is 7.40. The van der Waals surface area contributed by atoms with Gasteiger partial charge in [-0.15, -0.1) is 0 Å². The highest BCUT2D eigenvalue weighted by Crippen LogP contribution is 2.29. The van der Waals surface area contributed by atoms with Gasteiger partial charge in [-0.1, -0.05) is 6.07 Å². The van der Waals surface area contributed by atoms with Crippen molar-refractivity contribution < 1.29 is 24.0 Å². The van der Waals surface area contributed by atoms with Crippen LogP contribution in [0.2, 0.25) is 0 Å². The number of primary amides is 1. The summed E-state index contributed by atoms with van der Waals surface area (Å²) in [5.41, 5.74) is 6.81. The fourth-order valence-electron chi connectivity index (χ4n) is 4.25. The second-order valence-electron chi connectivity index (χ2n) is 7.78. The van der Waals surface area contributed by atoms with Crippen molar-refractivity contribution >= 4 is 29.5 Å². The van der Waals surface area contributed by atoms with Crippen LogP contribution in [0.5, 0.6) is 0 Å². The Morgan fingerprint density at radius 1 is 1.03 bits per heavy atom. The van der Waals surface area contributed by atoms with E-state index in [4.69, 9.17) is 5.73 Å². The van der Waals surface area contributed by atoms with Crippen molar-refractivity contribution in [2.75, 3.05) is 13.1 Å². The molecule has 3 aliphatic rings. The average molecular weight is 398 g/mol. The van der Waals surface area contributed by atoms with Crippen molar-refractivity contribution in [3.63, 3.8) is 0 Å². The van der Waals surface area contributed by atoms with Gasteiger partial charge in [0.25, 0.3) is 11.8 Å². The first-order valence-corrected chi connectivity index (χ1v) is 9.71. The van der Waals surface area contributed by atoms with E-state index in [1.807, 2.05) is 0 Å². The predicted octanol–water partition coefficient (Wildman–Crippen LogP) is -0.215. The highest BCUT2D eigenvalue weighted by molar-refractivity contribution is 6.23. The Labute approximate surface area is 167 Å². The van der Waals surface area contributed by atoms with Gasteiger partial charge in [0.1, 0.15) is 6.04 Å². The summed E-state index contributed by atoms with van der Waals surface area (Å²) in [6, 6.07) is 4.16. The van der Waals surface area contributed by atoms with Crippen LogP contribution in [0.25, 0.3) is 0 Å². The molecule has 1 atom stereocenters. The molecule has 0 bridgehead atoms. The standard InChI is InChI=1S/C20H22N4O5/c21-17(26)12-5-7-23(8-6-12)10-11-1-2-13-14(9-11)20(29)24(19(13)28)15-3-4-16(25)22-18(15)27/h1-2,9,12,15H,3-8,10H2,(H2,21,26)(H,22,25,27)/t15-/m1/s1. The zero-order chi connectivity index (χ0) is 20.7. The van der Waals surface area contributed by atoms with Gasteiger partial charge >= 0.3 is 0 Å². The lowest BCUT2D eigenvalue weighted by Crippen LogP contribution is -2.54. The zero-order valence-corrected chi connectivity index (χ0v) is 15.8. The number of imide groups is 2. The minimum Gasteiger partial charge on any atom is -0.369 e. The molecular weight excluding hydrogens is 376 g/mol. The molecule has 1 aromatic rings. The van der Waals surface area contributed by atoms with Crippen LogP contribution in [0, 0.1) is 5.92 Å². The monoisotopic (exact) mass is 398 g/mol. The van der Waals surface area contributed by atoms with E-state index >= 15 is 0 Å². The number of hydrogen-bond donors (Lipinski definition) is 2. The van der Waals surface area contributed by atoms with E-state index in [0.29, 0.717) is 19.4 Å². The Morgan fingerprint density at radius 3 is 2.38 bits per heavy atom. The Morgan fingerprint density at radius 2 is 1.72 bits per heavy atom. The van der Waals surface area contributed by atoms with Crippen molar-refractivity contribution in [3.8, 4) is 0 Å². The fourth-order valence-corrected chi connectivity index (χ4v) is 4.25. The maximum absolute atomic E-state index is 12.9. The molecule has 29 heavy (non-hydrogen) atoms. The molecule has 0 saturated carbocycles. The Bertz CT molecular complexity index is 919. The molecule has 0 spiro atoms. The summed E-state index contributed by atoms with van der Waals surface area (Å²) in [5.74, 6) is -2.38.